The number of hydrogen-bond acceptors (Lipinski definition) is 2. The van der Waals surface area contributed by atoms with Crippen LogP contribution < -0.4 is 5.32 Å². The maximum atomic E-state index is 12.0. The Morgan fingerprint density at radius 2 is 1.81 bits per heavy atom. The van der Waals surface area contributed by atoms with E-state index in [1.54, 1.807) is 19.1 Å². The van der Waals surface area contributed by atoms with Crippen molar-refractivity contribution in [3.05, 3.63) is 63.6 Å². The van der Waals surface area contributed by atoms with Gasteiger partial charge in [0.1, 0.15) is 0 Å². The summed E-state index contributed by atoms with van der Waals surface area (Å²) in [5.41, 5.74) is 2.10. The summed E-state index contributed by atoms with van der Waals surface area (Å²) in [5, 5.41) is 11.8. The lowest BCUT2D eigenvalue weighted by molar-refractivity contribution is -0.115. The molecule has 0 heterocycles. The second-order valence-corrected chi connectivity index (χ2v) is 5.62. The summed E-state index contributed by atoms with van der Waals surface area (Å²) in [6.07, 6.45) is 0.195. The van der Waals surface area contributed by atoms with Gasteiger partial charge >= 0.3 is 5.97 Å². The molecule has 0 saturated heterocycles. The van der Waals surface area contributed by atoms with Gasteiger partial charge in [0.15, 0.2) is 0 Å². The highest BCUT2D eigenvalue weighted by Crippen LogP contribution is 2.18. The number of carbonyl (C=O) groups excluding carboxylic acids is 1. The highest BCUT2D eigenvalue weighted by molar-refractivity contribution is 9.10. The van der Waals surface area contributed by atoms with Crippen molar-refractivity contribution >= 4 is 33.5 Å². The molecule has 0 bridgehead atoms. The average Bonchev–Trinajstić information content (AvgIpc) is 2.43. The van der Waals surface area contributed by atoms with E-state index in [-0.39, 0.29) is 17.9 Å². The lowest BCUT2D eigenvalue weighted by Gasteiger charge is -2.09. The number of benzene rings is 2. The first-order chi connectivity index (χ1) is 9.95. The van der Waals surface area contributed by atoms with Crippen LogP contribution in [0.25, 0.3) is 0 Å². The summed E-state index contributed by atoms with van der Waals surface area (Å²) in [7, 11) is 0. The van der Waals surface area contributed by atoms with Gasteiger partial charge in [0.2, 0.25) is 5.91 Å². The summed E-state index contributed by atoms with van der Waals surface area (Å²) in [5.74, 6) is -1.30. The third kappa shape index (κ3) is 4.16. The normalized spacial score (nSPS) is 10.2. The van der Waals surface area contributed by atoms with Gasteiger partial charge in [-0.05, 0) is 36.8 Å². The Labute approximate surface area is 130 Å². The monoisotopic (exact) mass is 347 g/mol. The largest absolute Gasteiger partial charge is 0.478 e. The van der Waals surface area contributed by atoms with Crippen molar-refractivity contribution in [2.75, 3.05) is 5.32 Å². The van der Waals surface area contributed by atoms with Gasteiger partial charge in [-0.3, -0.25) is 4.79 Å². The number of rotatable bonds is 4. The van der Waals surface area contributed by atoms with E-state index in [1.165, 1.54) is 6.07 Å². The fourth-order valence-corrected chi connectivity index (χ4v) is 2.19. The standard InChI is InChI=1S/C16H14BrNO3/c1-10-2-7-14(13(8-10)16(20)21)18-15(19)9-11-3-5-12(17)6-4-11/h2-8H,9H2,1H3,(H,18,19)(H,20,21). The number of hydrogen-bond donors (Lipinski definition) is 2. The summed E-state index contributed by atoms with van der Waals surface area (Å²) in [6, 6.07) is 12.3. The van der Waals surface area contributed by atoms with Crippen LogP contribution in [0.4, 0.5) is 5.69 Å². The van der Waals surface area contributed by atoms with E-state index in [9.17, 15) is 9.59 Å². The third-order valence-electron chi connectivity index (χ3n) is 2.96. The molecule has 2 aromatic carbocycles. The van der Waals surface area contributed by atoms with E-state index in [4.69, 9.17) is 5.11 Å². The molecule has 108 valence electrons. The first kappa shape index (κ1) is 15.3. The van der Waals surface area contributed by atoms with Crippen molar-refractivity contribution in [1.29, 1.82) is 0 Å². The van der Waals surface area contributed by atoms with Crippen molar-refractivity contribution in [2.24, 2.45) is 0 Å². The summed E-state index contributed by atoms with van der Waals surface area (Å²) in [6.45, 7) is 1.81. The Hall–Kier alpha value is -2.14. The van der Waals surface area contributed by atoms with E-state index in [1.807, 2.05) is 24.3 Å². The molecular weight excluding hydrogens is 334 g/mol. The first-order valence-electron chi connectivity index (χ1n) is 6.34. The molecule has 2 rings (SSSR count). The zero-order valence-electron chi connectivity index (χ0n) is 11.4. The van der Waals surface area contributed by atoms with Gasteiger partial charge in [-0.15, -0.1) is 0 Å². The number of carbonyl (C=O) groups is 2. The molecule has 5 heteroatoms. The zero-order chi connectivity index (χ0) is 15.4. The van der Waals surface area contributed by atoms with Crippen LogP contribution in [-0.2, 0) is 11.2 Å². The van der Waals surface area contributed by atoms with E-state index in [0.717, 1.165) is 15.6 Å². The van der Waals surface area contributed by atoms with E-state index >= 15 is 0 Å². The molecule has 0 aromatic heterocycles. The Balaban J connectivity index is 2.12. The number of carboxylic acids is 1. The maximum absolute atomic E-state index is 12.0. The molecule has 4 nitrogen and oxygen atoms in total. The number of anilines is 1. The summed E-state index contributed by atoms with van der Waals surface area (Å²) < 4.78 is 0.943. The number of halogens is 1. The predicted molar refractivity (Wildman–Crippen MR) is 84.6 cm³/mol. The number of aromatic carboxylic acids is 1. The van der Waals surface area contributed by atoms with Gasteiger partial charge in [-0.2, -0.15) is 0 Å². The van der Waals surface area contributed by atoms with Crippen molar-refractivity contribution in [2.45, 2.75) is 13.3 Å². The number of nitrogens with one attached hydrogen (secondary N) is 1. The molecule has 0 unspecified atom stereocenters. The van der Waals surface area contributed by atoms with Gasteiger partial charge in [0.25, 0.3) is 0 Å². The molecule has 0 fully saturated rings. The molecule has 1 amide bonds. The number of amides is 1. The predicted octanol–water partition coefficient (Wildman–Crippen LogP) is 3.64. The fraction of sp³-hybridized carbons (Fsp3) is 0.125. The molecule has 0 atom stereocenters. The van der Waals surface area contributed by atoms with Gasteiger partial charge in [-0.1, -0.05) is 39.7 Å². The molecule has 0 aliphatic heterocycles. The van der Waals surface area contributed by atoms with Gasteiger partial charge in [0.05, 0.1) is 17.7 Å². The fourth-order valence-electron chi connectivity index (χ4n) is 1.93. The molecular formula is C16H14BrNO3. The zero-order valence-corrected chi connectivity index (χ0v) is 13.0. The molecule has 2 aromatic rings. The van der Waals surface area contributed by atoms with E-state index < -0.39 is 5.97 Å². The quantitative estimate of drug-likeness (QED) is 0.887. The van der Waals surface area contributed by atoms with Gasteiger partial charge in [0, 0.05) is 4.47 Å². The second-order valence-electron chi connectivity index (χ2n) is 4.71. The van der Waals surface area contributed by atoms with Crippen LogP contribution in [0.15, 0.2) is 46.9 Å². The number of carboxylic acid groups (broad SMARTS) is 1. The minimum absolute atomic E-state index is 0.0964. The third-order valence-corrected chi connectivity index (χ3v) is 3.49. The molecule has 0 aliphatic carbocycles. The van der Waals surface area contributed by atoms with E-state index in [0.29, 0.717) is 5.69 Å². The Morgan fingerprint density at radius 3 is 2.43 bits per heavy atom. The van der Waals surface area contributed by atoms with Crippen LogP contribution in [-0.4, -0.2) is 17.0 Å². The van der Waals surface area contributed by atoms with Crippen LogP contribution in [0, 0.1) is 6.92 Å². The topological polar surface area (TPSA) is 66.4 Å². The van der Waals surface area contributed by atoms with Crippen molar-refractivity contribution < 1.29 is 14.7 Å². The van der Waals surface area contributed by atoms with E-state index in [2.05, 4.69) is 21.2 Å². The van der Waals surface area contributed by atoms with Crippen LogP contribution >= 0.6 is 15.9 Å². The second kappa shape index (κ2) is 6.54. The van der Waals surface area contributed by atoms with Crippen LogP contribution in [0.5, 0.6) is 0 Å². The lowest BCUT2D eigenvalue weighted by Crippen LogP contribution is -2.16. The Kier molecular flexibility index (Phi) is 4.75. The first-order valence-corrected chi connectivity index (χ1v) is 7.13. The lowest BCUT2D eigenvalue weighted by atomic mass is 10.1. The summed E-state index contributed by atoms with van der Waals surface area (Å²) in [4.78, 5) is 23.2. The number of aryl methyl sites for hydroxylation is 1. The highest BCUT2D eigenvalue weighted by atomic mass is 79.9. The molecule has 21 heavy (non-hydrogen) atoms. The SMILES string of the molecule is Cc1ccc(NC(=O)Cc2ccc(Br)cc2)c(C(=O)O)c1. The van der Waals surface area contributed by atoms with Crippen LogP contribution in [0.3, 0.4) is 0 Å². The van der Waals surface area contributed by atoms with Gasteiger partial charge < -0.3 is 10.4 Å². The van der Waals surface area contributed by atoms with Crippen LogP contribution in [0.1, 0.15) is 21.5 Å². The Morgan fingerprint density at radius 1 is 1.14 bits per heavy atom. The van der Waals surface area contributed by atoms with Crippen molar-refractivity contribution in [3.63, 3.8) is 0 Å². The average molecular weight is 348 g/mol. The Bertz CT molecular complexity index is 680. The van der Waals surface area contributed by atoms with Crippen molar-refractivity contribution in [3.8, 4) is 0 Å². The minimum atomic E-state index is -1.06. The molecule has 2 N–H and O–H groups in total. The summed E-state index contributed by atoms with van der Waals surface area (Å²) >= 11 is 3.33. The molecule has 0 aliphatic rings. The maximum Gasteiger partial charge on any atom is 0.337 e. The molecule has 0 spiro atoms. The minimum Gasteiger partial charge on any atom is -0.478 e. The van der Waals surface area contributed by atoms with Crippen LogP contribution in [0.2, 0.25) is 0 Å². The van der Waals surface area contributed by atoms with Gasteiger partial charge in [-0.25, -0.2) is 4.79 Å². The smallest absolute Gasteiger partial charge is 0.337 e. The molecule has 0 saturated carbocycles. The van der Waals surface area contributed by atoms with Crippen molar-refractivity contribution in [1.82, 2.24) is 0 Å². The highest BCUT2D eigenvalue weighted by Gasteiger charge is 2.13. The molecule has 0 radical (unpaired) electrons.